The topological polar surface area (TPSA) is 20.3 Å². The molecular weight excluding hydrogens is 222 g/mol. The van der Waals surface area contributed by atoms with Gasteiger partial charge in [0.15, 0.2) is 0 Å². The van der Waals surface area contributed by atoms with E-state index in [0.717, 1.165) is 30.1 Å². The number of Topliss-reactive ketones (excluding diaryl/α,β-unsaturated/α-hetero) is 1. The summed E-state index contributed by atoms with van der Waals surface area (Å²) in [7, 11) is 2.09. The van der Waals surface area contributed by atoms with Crippen molar-refractivity contribution in [3.05, 3.63) is 34.9 Å². The van der Waals surface area contributed by atoms with E-state index in [1.165, 1.54) is 0 Å². The van der Waals surface area contributed by atoms with Crippen molar-refractivity contribution >= 4 is 17.4 Å². The fourth-order valence-electron chi connectivity index (χ4n) is 3.22. The van der Waals surface area contributed by atoms with Gasteiger partial charge in [0.25, 0.3) is 0 Å². The quantitative estimate of drug-likeness (QED) is 0.743. The Hall–Kier alpha value is -0.860. The first-order valence-electron chi connectivity index (χ1n) is 5.61. The third-order valence-electron chi connectivity index (χ3n) is 4.04. The van der Waals surface area contributed by atoms with E-state index in [1.54, 1.807) is 0 Å². The van der Waals surface area contributed by atoms with Crippen molar-refractivity contribution in [2.75, 3.05) is 20.1 Å². The number of likely N-dealkylation sites (tertiary alicyclic amines) is 1. The number of fused-ring (bicyclic) bond motifs is 1. The summed E-state index contributed by atoms with van der Waals surface area (Å²) in [5, 5.41) is 0.731. The summed E-state index contributed by atoms with van der Waals surface area (Å²) in [6, 6.07) is 7.77. The van der Waals surface area contributed by atoms with Crippen LogP contribution >= 0.6 is 11.6 Å². The highest BCUT2D eigenvalue weighted by Gasteiger charge is 2.59. The number of hydrogen-bond acceptors (Lipinski definition) is 2. The Balaban J connectivity index is 2.04. The van der Waals surface area contributed by atoms with Crippen LogP contribution in [-0.2, 0) is 10.2 Å². The molecule has 0 N–H and O–H groups in total. The molecule has 0 spiro atoms. The molecule has 2 nitrogen and oxygen atoms in total. The Bertz CT molecular complexity index is 442. The molecular formula is C13H14ClNO. The summed E-state index contributed by atoms with van der Waals surface area (Å²) in [4.78, 5) is 14.3. The van der Waals surface area contributed by atoms with E-state index in [2.05, 4.69) is 11.9 Å². The molecule has 0 amide bonds. The maximum absolute atomic E-state index is 12.0. The number of nitrogens with zero attached hydrogens (tertiary/aromatic N) is 1. The predicted octanol–water partition coefficient (Wildman–Crippen LogP) is 2.11. The lowest BCUT2D eigenvalue weighted by Gasteiger charge is -2.42. The zero-order chi connectivity index (χ0) is 11.3. The van der Waals surface area contributed by atoms with Crippen LogP contribution in [0.5, 0.6) is 0 Å². The second kappa shape index (κ2) is 3.31. The Kier molecular flexibility index (Phi) is 2.13. The smallest absolute Gasteiger partial charge is 0.145 e. The summed E-state index contributed by atoms with van der Waals surface area (Å²) >= 11 is 5.89. The number of rotatable bonds is 1. The Labute approximate surface area is 100 Å². The van der Waals surface area contributed by atoms with Gasteiger partial charge in [-0.2, -0.15) is 0 Å². The molecule has 0 aromatic heterocycles. The van der Waals surface area contributed by atoms with Gasteiger partial charge in [-0.05, 0) is 30.7 Å². The molecule has 2 aliphatic rings. The van der Waals surface area contributed by atoms with E-state index < -0.39 is 0 Å². The number of hydrogen-bond donors (Lipinski definition) is 0. The van der Waals surface area contributed by atoms with E-state index in [1.807, 2.05) is 24.3 Å². The average Bonchev–Trinajstić information content (AvgIpc) is 2.52. The molecule has 0 bridgehead atoms. The van der Waals surface area contributed by atoms with Gasteiger partial charge in [0.05, 0.1) is 5.41 Å². The molecule has 2 fully saturated rings. The van der Waals surface area contributed by atoms with Gasteiger partial charge in [0, 0.05) is 24.5 Å². The molecule has 0 radical (unpaired) electrons. The lowest BCUT2D eigenvalue weighted by molar-refractivity contribution is -0.134. The molecule has 2 atom stereocenters. The summed E-state index contributed by atoms with van der Waals surface area (Å²) in [5.74, 6) is 0.898. The van der Waals surface area contributed by atoms with Crippen molar-refractivity contribution in [2.24, 2.45) is 5.92 Å². The van der Waals surface area contributed by atoms with Gasteiger partial charge in [0.1, 0.15) is 5.78 Å². The van der Waals surface area contributed by atoms with Crippen molar-refractivity contribution in [3.8, 4) is 0 Å². The van der Waals surface area contributed by atoms with Crippen LogP contribution in [0.4, 0.5) is 0 Å². The molecule has 3 rings (SSSR count). The fraction of sp³-hybridized carbons (Fsp3) is 0.462. The third-order valence-corrected chi connectivity index (χ3v) is 4.29. The van der Waals surface area contributed by atoms with Gasteiger partial charge in [-0.1, -0.05) is 23.7 Å². The van der Waals surface area contributed by atoms with E-state index in [9.17, 15) is 4.79 Å². The van der Waals surface area contributed by atoms with Crippen LogP contribution < -0.4 is 0 Å². The zero-order valence-corrected chi connectivity index (χ0v) is 10.00. The lowest BCUT2D eigenvalue weighted by atomic mass is 9.57. The van der Waals surface area contributed by atoms with Gasteiger partial charge in [0.2, 0.25) is 0 Å². The predicted molar refractivity (Wildman–Crippen MR) is 63.7 cm³/mol. The van der Waals surface area contributed by atoms with E-state index in [4.69, 9.17) is 11.6 Å². The minimum absolute atomic E-state index is 0.223. The normalized spacial score (nSPS) is 33.6. The summed E-state index contributed by atoms with van der Waals surface area (Å²) in [6.07, 6.45) is 0.743. The van der Waals surface area contributed by atoms with Crippen LogP contribution in [0.15, 0.2) is 24.3 Å². The monoisotopic (exact) mass is 235 g/mol. The van der Waals surface area contributed by atoms with E-state index >= 15 is 0 Å². The SMILES string of the molecule is CN1CC2CC(=O)C2(c2ccc(Cl)cc2)C1. The number of carbonyl (C=O) groups is 1. The van der Waals surface area contributed by atoms with Crippen LogP contribution in [-0.4, -0.2) is 30.8 Å². The largest absolute Gasteiger partial charge is 0.305 e. The highest BCUT2D eigenvalue weighted by molar-refractivity contribution is 6.30. The second-order valence-corrected chi connectivity index (χ2v) is 5.44. The minimum atomic E-state index is -0.223. The zero-order valence-electron chi connectivity index (χ0n) is 9.24. The summed E-state index contributed by atoms with van der Waals surface area (Å²) in [6.45, 7) is 1.90. The first-order valence-corrected chi connectivity index (χ1v) is 5.98. The van der Waals surface area contributed by atoms with Crippen molar-refractivity contribution in [1.29, 1.82) is 0 Å². The summed E-state index contributed by atoms with van der Waals surface area (Å²) in [5.41, 5.74) is 0.918. The van der Waals surface area contributed by atoms with Crippen LogP contribution in [0.25, 0.3) is 0 Å². The number of halogens is 1. The molecule has 2 unspecified atom stereocenters. The number of ketones is 1. The molecule has 16 heavy (non-hydrogen) atoms. The van der Waals surface area contributed by atoms with Crippen molar-refractivity contribution in [3.63, 3.8) is 0 Å². The average molecular weight is 236 g/mol. The molecule has 1 aromatic carbocycles. The molecule has 1 aliphatic carbocycles. The maximum Gasteiger partial charge on any atom is 0.145 e. The van der Waals surface area contributed by atoms with Crippen molar-refractivity contribution < 1.29 is 4.79 Å². The maximum atomic E-state index is 12.0. The minimum Gasteiger partial charge on any atom is -0.305 e. The highest BCUT2D eigenvalue weighted by Crippen LogP contribution is 2.50. The molecule has 1 aliphatic heterocycles. The number of carbonyl (C=O) groups excluding carboxylic acids is 1. The van der Waals surface area contributed by atoms with Gasteiger partial charge >= 0.3 is 0 Å². The molecule has 1 saturated carbocycles. The standard InChI is InChI=1S/C13H14ClNO/c1-15-7-10-6-12(16)13(10,8-15)9-2-4-11(14)5-3-9/h2-5,10H,6-8H2,1H3. The van der Waals surface area contributed by atoms with E-state index in [0.29, 0.717) is 11.7 Å². The Morgan fingerprint density at radius 1 is 1.38 bits per heavy atom. The second-order valence-electron chi connectivity index (χ2n) is 5.00. The highest BCUT2D eigenvalue weighted by atomic mass is 35.5. The first-order chi connectivity index (χ1) is 7.63. The number of likely N-dealkylation sites (N-methyl/N-ethyl adjacent to an activating group) is 1. The van der Waals surface area contributed by atoms with Crippen LogP contribution in [0.3, 0.4) is 0 Å². The van der Waals surface area contributed by atoms with Gasteiger partial charge < -0.3 is 4.90 Å². The van der Waals surface area contributed by atoms with Gasteiger partial charge in [-0.25, -0.2) is 0 Å². The first kappa shape index (κ1) is 10.3. The van der Waals surface area contributed by atoms with Gasteiger partial charge in [-0.15, -0.1) is 0 Å². The molecule has 1 saturated heterocycles. The Morgan fingerprint density at radius 2 is 2.06 bits per heavy atom. The van der Waals surface area contributed by atoms with Crippen molar-refractivity contribution in [2.45, 2.75) is 11.8 Å². The van der Waals surface area contributed by atoms with Crippen LogP contribution in [0.2, 0.25) is 5.02 Å². The fourth-order valence-corrected chi connectivity index (χ4v) is 3.34. The van der Waals surface area contributed by atoms with Crippen LogP contribution in [0, 0.1) is 5.92 Å². The Morgan fingerprint density at radius 3 is 2.62 bits per heavy atom. The van der Waals surface area contributed by atoms with Crippen molar-refractivity contribution in [1.82, 2.24) is 4.90 Å². The molecule has 1 heterocycles. The molecule has 1 aromatic rings. The van der Waals surface area contributed by atoms with E-state index in [-0.39, 0.29) is 5.41 Å². The van der Waals surface area contributed by atoms with Gasteiger partial charge in [-0.3, -0.25) is 4.79 Å². The summed E-state index contributed by atoms with van der Waals surface area (Å²) < 4.78 is 0. The molecule has 3 heteroatoms. The lowest BCUT2D eigenvalue weighted by Crippen LogP contribution is -2.53. The van der Waals surface area contributed by atoms with Crippen LogP contribution in [0.1, 0.15) is 12.0 Å². The molecule has 84 valence electrons. The number of benzene rings is 1. The third kappa shape index (κ3) is 1.20.